The summed E-state index contributed by atoms with van der Waals surface area (Å²) in [7, 11) is 3.72. The van der Waals surface area contributed by atoms with Crippen molar-refractivity contribution >= 4 is 17.5 Å². The normalized spacial score (nSPS) is 23.4. The highest BCUT2D eigenvalue weighted by molar-refractivity contribution is 5.96. The van der Waals surface area contributed by atoms with Gasteiger partial charge in [-0.15, -0.1) is 0 Å². The molecule has 142 valence electrons. The summed E-state index contributed by atoms with van der Waals surface area (Å²) in [5.74, 6) is -0.874. The molecule has 8 nitrogen and oxygen atoms in total. The van der Waals surface area contributed by atoms with E-state index in [0.29, 0.717) is 25.2 Å². The van der Waals surface area contributed by atoms with Crippen molar-refractivity contribution < 1.29 is 14.0 Å². The number of carbonyl (C=O) groups is 2. The van der Waals surface area contributed by atoms with Crippen LogP contribution in [-0.4, -0.2) is 75.1 Å². The quantitative estimate of drug-likeness (QED) is 0.719. The lowest BCUT2D eigenvalue weighted by Crippen LogP contribution is -2.64. The Morgan fingerprint density at radius 2 is 2.11 bits per heavy atom. The monoisotopic (exact) mass is 372 g/mol. The Bertz CT molecular complexity index is 899. The number of piperazine rings is 1. The minimum absolute atomic E-state index is 0.0112. The number of halogens is 1. The summed E-state index contributed by atoms with van der Waals surface area (Å²) in [5, 5.41) is 4.15. The molecule has 2 saturated heterocycles. The van der Waals surface area contributed by atoms with Crippen LogP contribution in [0.5, 0.6) is 0 Å². The van der Waals surface area contributed by atoms with E-state index < -0.39 is 5.95 Å². The molecule has 2 aliphatic heterocycles. The van der Waals surface area contributed by atoms with Gasteiger partial charge in [-0.25, -0.2) is 4.98 Å². The first-order valence-electron chi connectivity index (χ1n) is 8.79. The third-order valence-corrected chi connectivity index (χ3v) is 5.53. The zero-order chi connectivity index (χ0) is 19.2. The van der Waals surface area contributed by atoms with Crippen molar-refractivity contribution in [3.8, 4) is 0 Å². The second kappa shape index (κ2) is 6.41. The SMILES string of the molecule is CN1CC(=O)N(c2cnn(C)c2)C[C@]12CCN(C(=O)c1ccnc(F)c1)C2. The first-order chi connectivity index (χ1) is 12.9. The zero-order valence-corrected chi connectivity index (χ0v) is 15.3. The number of nitrogens with zero attached hydrogens (tertiary/aromatic N) is 6. The molecule has 0 unspecified atom stereocenters. The molecule has 1 atom stereocenters. The van der Waals surface area contributed by atoms with Crippen molar-refractivity contribution in [2.24, 2.45) is 7.05 Å². The van der Waals surface area contributed by atoms with E-state index >= 15 is 0 Å². The zero-order valence-electron chi connectivity index (χ0n) is 15.3. The van der Waals surface area contributed by atoms with Gasteiger partial charge >= 0.3 is 0 Å². The minimum Gasteiger partial charge on any atom is -0.337 e. The molecule has 4 rings (SSSR count). The van der Waals surface area contributed by atoms with E-state index in [1.165, 1.54) is 12.3 Å². The fraction of sp³-hybridized carbons (Fsp3) is 0.444. The van der Waals surface area contributed by atoms with Gasteiger partial charge in [0, 0.05) is 50.7 Å². The summed E-state index contributed by atoms with van der Waals surface area (Å²) in [6, 6.07) is 2.68. The third kappa shape index (κ3) is 3.08. The predicted octanol–water partition coefficient (Wildman–Crippen LogP) is 0.518. The molecule has 27 heavy (non-hydrogen) atoms. The van der Waals surface area contributed by atoms with Gasteiger partial charge in [0.15, 0.2) is 0 Å². The summed E-state index contributed by atoms with van der Waals surface area (Å²) in [6.07, 6.45) is 5.53. The van der Waals surface area contributed by atoms with Crippen molar-refractivity contribution in [3.05, 3.63) is 42.2 Å². The Morgan fingerprint density at radius 3 is 2.81 bits per heavy atom. The van der Waals surface area contributed by atoms with E-state index in [0.717, 1.165) is 18.2 Å². The van der Waals surface area contributed by atoms with Gasteiger partial charge in [0.1, 0.15) is 0 Å². The molecule has 0 saturated carbocycles. The van der Waals surface area contributed by atoms with Crippen LogP contribution < -0.4 is 4.90 Å². The minimum atomic E-state index is -0.669. The number of amides is 2. The highest BCUT2D eigenvalue weighted by Crippen LogP contribution is 2.33. The number of pyridine rings is 1. The van der Waals surface area contributed by atoms with Crippen molar-refractivity contribution in [2.45, 2.75) is 12.0 Å². The molecule has 0 aromatic carbocycles. The maximum absolute atomic E-state index is 13.4. The highest BCUT2D eigenvalue weighted by Gasteiger charge is 2.48. The van der Waals surface area contributed by atoms with E-state index in [2.05, 4.69) is 10.1 Å². The Kier molecular flexibility index (Phi) is 4.18. The van der Waals surface area contributed by atoms with Crippen molar-refractivity contribution in [1.29, 1.82) is 0 Å². The summed E-state index contributed by atoms with van der Waals surface area (Å²) >= 11 is 0. The third-order valence-electron chi connectivity index (χ3n) is 5.53. The molecule has 0 N–H and O–H groups in total. The fourth-order valence-corrected chi connectivity index (χ4v) is 3.93. The molecular formula is C18H21FN6O2. The number of anilines is 1. The molecule has 4 heterocycles. The second-order valence-corrected chi connectivity index (χ2v) is 7.28. The van der Waals surface area contributed by atoms with Crippen LogP contribution in [-0.2, 0) is 11.8 Å². The van der Waals surface area contributed by atoms with Crippen LogP contribution >= 0.6 is 0 Å². The standard InChI is InChI=1S/C18H21FN6O2/c1-22-10-16(26)25(14-8-21-23(2)9-14)12-18(22)4-6-24(11-18)17(27)13-3-5-20-15(19)7-13/h3,5,7-9H,4,6,10-12H2,1-2H3/t18-/m1/s1. The summed E-state index contributed by atoms with van der Waals surface area (Å²) in [6.45, 7) is 1.81. The molecular weight excluding hydrogens is 351 g/mol. The molecule has 0 radical (unpaired) electrons. The van der Waals surface area contributed by atoms with Gasteiger partial charge in [-0.05, 0) is 19.5 Å². The molecule has 9 heteroatoms. The molecule has 2 fully saturated rings. The average Bonchev–Trinajstić information content (AvgIpc) is 3.25. The Balaban J connectivity index is 1.56. The van der Waals surface area contributed by atoms with Gasteiger partial charge < -0.3 is 9.80 Å². The van der Waals surface area contributed by atoms with E-state index in [1.807, 2.05) is 25.2 Å². The lowest BCUT2D eigenvalue weighted by atomic mass is 9.93. The number of likely N-dealkylation sites (tertiary alicyclic amines) is 1. The number of hydrogen-bond acceptors (Lipinski definition) is 5. The number of rotatable bonds is 2. The maximum atomic E-state index is 13.4. The summed E-state index contributed by atoms with van der Waals surface area (Å²) in [5.41, 5.74) is 0.722. The average molecular weight is 372 g/mol. The van der Waals surface area contributed by atoms with E-state index in [-0.39, 0.29) is 23.9 Å². The smallest absolute Gasteiger partial charge is 0.254 e. The van der Waals surface area contributed by atoms with Crippen LogP contribution in [0.3, 0.4) is 0 Å². The lowest BCUT2D eigenvalue weighted by Gasteiger charge is -2.46. The van der Waals surface area contributed by atoms with Crippen molar-refractivity contribution in [2.75, 3.05) is 38.1 Å². The molecule has 2 aromatic heterocycles. The molecule has 1 spiro atoms. The topological polar surface area (TPSA) is 74.6 Å². The van der Waals surface area contributed by atoms with Crippen LogP contribution in [0.15, 0.2) is 30.7 Å². The Labute approximate surface area is 156 Å². The van der Waals surface area contributed by atoms with Crippen molar-refractivity contribution in [3.63, 3.8) is 0 Å². The van der Waals surface area contributed by atoms with E-state index in [4.69, 9.17) is 0 Å². The Morgan fingerprint density at radius 1 is 1.30 bits per heavy atom. The van der Waals surface area contributed by atoms with Gasteiger partial charge in [-0.2, -0.15) is 9.49 Å². The largest absolute Gasteiger partial charge is 0.337 e. The predicted molar refractivity (Wildman–Crippen MR) is 95.6 cm³/mol. The number of aryl methyl sites for hydroxylation is 1. The molecule has 0 aliphatic carbocycles. The first kappa shape index (κ1) is 17.6. The molecule has 0 bridgehead atoms. The van der Waals surface area contributed by atoms with Gasteiger partial charge in [-0.1, -0.05) is 0 Å². The highest BCUT2D eigenvalue weighted by atomic mass is 19.1. The number of carbonyl (C=O) groups excluding carboxylic acids is 2. The summed E-state index contributed by atoms with van der Waals surface area (Å²) < 4.78 is 15.0. The molecule has 2 aliphatic rings. The van der Waals surface area contributed by atoms with Gasteiger partial charge in [0.05, 0.1) is 24.0 Å². The number of hydrogen-bond donors (Lipinski definition) is 0. The van der Waals surface area contributed by atoms with E-state index in [1.54, 1.807) is 20.7 Å². The molecule has 2 aromatic rings. The van der Waals surface area contributed by atoms with Crippen LogP contribution in [0.2, 0.25) is 0 Å². The Hall–Kier alpha value is -2.81. The van der Waals surface area contributed by atoms with Gasteiger partial charge in [-0.3, -0.25) is 19.2 Å². The second-order valence-electron chi connectivity index (χ2n) is 7.28. The number of aromatic nitrogens is 3. The van der Waals surface area contributed by atoms with Crippen LogP contribution in [0, 0.1) is 5.95 Å². The van der Waals surface area contributed by atoms with E-state index in [9.17, 15) is 14.0 Å². The van der Waals surface area contributed by atoms with Gasteiger partial charge in [0.2, 0.25) is 11.9 Å². The van der Waals surface area contributed by atoms with Gasteiger partial charge in [0.25, 0.3) is 5.91 Å². The lowest BCUT2D eigenvalue weighted by molar-refractivity contribution is -0.123. The van der Waals surface area contributed by atoms with Crippen molar-refractivity contribution in [1.82, 2.24) is 24.6 Å². The van der Waals surface area contributed by atoms with Crippen LogP contribution in [0.4, 0.5) is 10.1 Å². The molecule has 2 amide bonds. The summed E-state index contributed by atoms with van der Waals surface area (Å²) in [4.78, 5) is 34.3. The fourth-order valence-electron chi connectivity index (χ4n) is 3.93. The van der Waals surface area contributed by atoms with Crippen LogP contribution in [0.25, 0.3) is 0 Å². The maximum Gasteiger partial charge on any atom is 0.254 e. The van der Waals surface area contributed by atoms with Crippen LogP contribution in [0.1, 0.15) is 16.8 Å². The number of likely N-dealkylation sites (N-methyl/N-ethyl adjacent to an activating group) is 1. The first-order valence-corrected chi connectivity index (χ1v) is 8.79.